The minimum Gasteiger partial charge on any atom is -0.345 e. The summed E-state index contributed by atoms with van der Waals surface area (Å²) in [5, 5.41) is 12.1. The van der Waals surface area contributed by atoms with Crippen molar-refractivity contribution < 1.29 is 14.4 Å². The van der Waals surface area contributed by atoms with Gasteiger partial charge in [-0.15, -0.1) is 5.10 Å². The standard InChI is InChI=1S/C26H26BrCl2N5O3/c1-26(2,30-24(36)12-11-22(35)19-14-17(28)7-10-20(19)29)23-15-34(32-31-23)21-4-3-13-33(25(21)37)18-8-5-16(27)6-9-18/h5-10,14-15,21H,3-4,11-13H2,1-2H3,(H,30,36). The molecule has 1 fully saturated rings. The van der Waals surface area contributed by atoms with Crippen molar-refractivity contribution in [2.45, 2.75) is 51.1 Å². The van der Waals surface area contributed by atoms with Crippen molar-refractivity contribution in [1.29, 1.82) is 0 Å². The molecule has 2 heterocycles. The molecule has 2 aromatic carbocycles. The van der Waals surface area contributed by atoms with Gasteiger partial charge >= 0.3 is 0 Å². The van der Waals surface area contributed by atoms with Gasteiger partial charge in [-0.1, -0.05) is 44.3 Å². The predicted octanol–water partition coefficient (Wildman–Crippen LogP) is 5.73. The lowest BCUT2D eigenvalue weighted by Gasteiger charge is -2.32. The van der Waals surface area contributed by atoms with Crippen LogP contribution in [0.15, 0.2) is 53.1 Å². The van der Waals surface area contributed by atoms with Crippen molar-refractivity contribution in [1.82, 2.24) is 20.3 Å². The molecule has 2 amide bonds. The van der Waals surface area contributed by atoms with E-state index in [0.717, 1.165) is 16.6 Å². The Morgan fingerprint density at radius 2 is 1.86 bits per heavy atom. The Morgan fingerprint density at radius 3 is 2.59 bits per heavy atom. The van der Waals surface area contributed by atoms with Crippen LogP contribution in [-0.4, -0.2) is 39.1 Å². The molecule has 1 saturated heterocycles. The highest BCUT2D eigenvalue weighted by Gasteiger charge is 2.34. The Morgan fingerprint density at radius 1 is 1.14 bits per heavy atom. The summed E-state index contributed by atoms with van der Waals surface area (Å²) in [5.74, 6) is -0.635. The van der Waals surface area contributed by atoms with Gasteiger partial charge in [0.15, 0.2) is 5.78 Å². The number of Topliss-reactive ketones (excluding diaryl/α,β-unsaturated/α-hetero) is 1. The lowest BCUT2D eigenvalue weighted by Crippen LogP contribution is -2.42. The molecule has 0 radical (unpaired) electrons. The van der Waals surface area contributed by atoms with Crippen LogP contribution in [-0.2, 0) is 15.1 Å². The minimum absolute atomic E-state index is 0.0167. The van der Waals surface area contributed by atoms with Gasteiger partial charge in [0.2, 0.25) is 5.91 Å². The number of benzene rings is 2. The van der Waals surface area contributed by atoms with E-state index < -0.39 is 11.6 Å². The monoisotopic (exact) mass is 605 g/mol. The third-order valence-corrected chi connectivity index (χ3v) is 7.37. The van der Waals surface area contributed by atoms with Gasteiger partial charge in [0, 0.05) is 40.1 Å². The van der Waals surface area contributed by atoms with Gasteiger partial charge in [-0.25, -0.2) is 4.68 Å². The quantitative estimate of drug-likeness (QED) is 0.330. The van der Waals surface area contributed by atoms with Crippen LogP contribution in [0.4, 0.5) is 5.69 Å². The Bertz CT molecular complexity index is 1330. The summed E-state index contributed by atoms with van der Waals surface area (Å²) < 4.78 is 2.52. The maximum absolute atomic E-state index is 13.3. The number of aromatic nitrogens is 3. The molecule has 1 aliphatic heterocycles. The molecule has 1 unspecified atom stereocenters. The lowest BCUT2D eigenvalue weighted by molar-refractivity contribution is -0.124. The SMILES string of the molecule is CC(C)(NC(=O)CCC(=O)c1cc(Cl)ccc1Cl)c1cn(C2CCCN(c3ccc(Br)cc3)C2=O)nn1. The maximum Gasteiger partial charge on any atom is 0.251 e. The molecule has 8 nitrogen and oxygen atoms in total. The smallest absolute Gasteiger partial charge is 0.251 e. The Kier molecular flexibility index (Phi) is 8.36. The first-order valence-corrected chi connectivity index (χ1v) is 13.4. The van der Waals surface area contributed by atoms with Crippen molar-refractivity contribution in [2.75, 3.05) is 11.4 Å². The number of ketones is 1. The first kappa shape index (κ1) is 27.3. The summed E-state index contributed by atoms with van der Waals surface area (Å²) in [7, 11) is 0. The number of halogens is 3. The normalized spacial score (nSPS) is 16.1. The van der Waals surface area contributed by atoms with Crippen LogP contribution in [0.3, 0.4) is 0 Å². The van der Waals surface area contributed by atoms with Gasteiger partial charge in [-0.3, -0.25) is 14.4 Å². The van der Waals surface area contributed by atoms with E-state index in [-0.39, 0.29) is 30.4 Å². The molecule has 0 bridgehead atoms. The van der Waals surface area contributed by atoms with Crippen molar-refractivity contribution in [2.24, 2.45) is 0 Å². The van der Waals surface area contributed by atoms with Gasteiger partial charge in [0.1, 0.15) is 11.7 Å². The van der Waals surface area contributed by atoms with Crippen LogP contribution < -0.4 is 10.2 Å². The molecule has 11 heteroatoms. The Labute approximate surface area is 233 Å². The molecule has 4 rings (SSSR count). The number of hydrogen-bond donors (Lipinski definition) is 1. The molecule has 194 valence electrons. The third kappa shape index (κ3) is 6.40. The average Bonchev–Trinajstić information content (AvgIpc) is 3.36. The third-order valence-electron chi connectivity index (χ3n) is 6.28. The van der Waals surface area contributed by atoms with Gasteiger partial charge in [-0.2, -0.15) is 0 Å². The van der Waals surface area contributed by atoms with Gasteiger partial charge in [0.05, 0.1) is 16.8 Å². The number of rotatable bonds is 8. The number of hydrogen-bond acceptors (Lipinski definition) is 5. The van der Waals surface area contributed by atoms with Crippen LogP contribution in [0.1, 0.15) is 61.6 Å². The fraction of sp³-hybridized carbons (Fsp3) is 0.346. The van der Waals surface area contributed by atoms with Crippen molar-refractivity contribution in [3.63, 3.8) is 0 Å². The second-order valence-electron chi connectivity index (χ2n) is 9.43. The molecule has 37 heavy (non-hydrogen) atoms. The second-order valence-corrected chi connectivity index (χ2v) is 11.2. The number of carbonyl (C=O) groups excluding carboxylic acids is 3. The number of amides is 2. The van der Waals surface area contributed by atoms with E-state index in [9.17, 15) is 14.4 Å². The van der Waals surface area contributed by atoms with Crippen LogP contribution in [0.2, 0.25) is 10.0 Å². The topological polar surface area (TPSA) is 97.2 Å². The van der Waals surface area contributed by atoms with Crippen LogP contribution in [0.5, 0.6) is 0 Å². The van der Waals surface area contributed by atoms with E-state index in [0.29, 0.717) is 34.3 Å². The molecular formula is C26H26BrCl2N5O3. The van der Waals surface area contributed by atoms with E-state index in [1.165, 1.54) is 6.07 Å². The number of anilines is 1. The summed E-state index contributed by atoms with van der Waals surface area (Å²) in [4.78, 5) is 40.2. The summed E-state index contributed by atoms with van der Waals surface area (Å²) >= 11 is 15.5. The molecule has 0 spiro atoms. The molecule has 1 aliphatic rings. The van der Waals surface area contributed by atoms with Crippen LogP contribution >= 0.6 is 39.1 Å². The molecule has 1 aromatic heterocycles. The number of nitrogens with one attached hydrogen (secondary N) is 1. The summed E-state index contributed by atoms with van der Waals surface area (Å²) in [6, 6.07) is 11.8. The van der Waals surface area contributed by atoms with Crippen molar-refractivity contribution in [3.05, 3.63) is 74.4 Å². The zero-order chi connectivity index (χ0) is 26.7. The molecule has 3 aromatic rings. The first-order valence-electron chi connectivity index (χ1n) is 11.8. The summed E-state index contributed by atoms with van der Waals surface area (Å²) in [5.41, 5.74) is 0.770. The summed E-state index contributed by atoms with van der Waals surface area (Å²) in [6.45, 7) is 4.23. The molecule has 0 saturated carbocycles. The first-order chi connectivity index (χ1) is 17.5. The van der Waals surface area contributed by atoms with Gasteiger partial charge in [0.25, 0.3) is 5.91 Å². The zero-order valence-corrected chi connectivity index (χ0v) is 23.5. The Hall–Kier alpha value is -2.75. The second kappa shape index (κ2) is 11.3. The predicted molar refractivity (Wildman–Crippen MR) is 146 cm³/mol. The number of piperidine rings is 1. The van der Waals surface area contributed by atoms with Crippen LogP contribution in [0, 0.1) is 0 Å². The highest BCUT2D eigenvalue weighted by Crippen LogP contribution is 2.29. The van der Waals surface area contributed by atoms with E-state index in [4.69, 9.17) is 23.2 Å². The lowest BCUT2D eigenvalue weighted by atomic mass is 10.00. The summed E-state index contributed by atoms with van der Waals surface area (Å²) in [6.07, 6.45) is 3.13. The fourth-order valence-corrected chi connectivity index (χ4v) is 4.90. The fourth-order valence-electron chi connectivity index (χ4n) is 4.24. The highest BCUT2D eigenvalue weighted by molar-refractivity contribution is 9.10. The molecule has 1 atom stereocenters. The zero-order valence-electron chi connectivity index (χ0n) is 20.4. The van der Waals surface area contributed by atoms with E-state index in [1.54, 1.807) is 41.8 Å². The van der Waals surface area contributed by atoms with Gasteiger partial charge in [-0.05, 0) is 69.2 Å². The molecule has 0 aliphatic carbocycles. The molecular weight excluding hydrogens is 581 g/mol. The average molecular weight is 607 g/mol. The largest absolute Gasteiger partial charge is 0.345 e. The van der Waals surface area contributed by atoms with Crippen molar-refractivity contribution in [3.8, 4) is 0 Å². The van der Waals surface area contributed by atoms with Crippen LogP contribution in [0.25, 0.3) is 0 Å². The van der Waals surface area contributed by atoms with E-state index in [1.807, 2.05) is 24.3 Å². The van der Waals surface area contributed by atoms with Crippen molar-refractivity contribution >= 4 is 62.4 Å². The highest BCUT2D eigenvalue weighted by atomic mass is 79.9. The van der Waals surface area contributed by atoms with Gasteiger partial charge < -0.3 is 10.2 Å². The number of carbonyl (C=O) groups is 3. The Balaban J connectivity index is 1.39. The maximum atomic E-state index is 13.3. The van der Waals surface area contributed by atoms with E-state index in [2.05, 4.69) is 31.6 Å². The number of nitrogens with zero attached hydrogens (tertiary/aromatic N) is 4. The van der Waals surface area contributed by atoms with E-state index >= 15 is 0 Å². The molecule has 1 N–H and O–H groups in total. The minimum atomic E-state index is -0.866.